The first kappa shape index (κ1) is 24.6. The minimum absolute atomic E-state index is 0.0856. The molecule has 3 aromatic rings. The van der Waals surface area contributed by atoms with Crippen LogP contribution >= 0.6 is 15.9 Å². The summed E-state index contributed by atoms with van der Waals surface area (Å²) in [6.45, 7) is 2.66. The Labute approximate surface area is 191 Å². The van der Waals surface area contributed by atoms with Crippen molar-refractivity contribution in [2.45, 2.75) is 32.6 Å². The van der Waals surface area contributed by atoms with Crippen molar-refractivity contribution in [1.82, 2.24) is 10.3 Å². The van der Waals surface area contributed by atoms with Crippen molar-refractivity contribution in [2.24, 2.45) is 0 Å². The van der Waals surface area contributed by atoms with Gasteiger partial charge in [0.15, 0.2) is 0 Å². The molecule has 2 aromatic carbocycles. The van der Waals surface area contributed by atoms with Crippen LogP contribution < -0.4 is 5.32 Å². The molecule has 0 atom stereocenters. The molecule has 0 bridgehead atoms. The lowest BCUT2D eigenvalue weighted by molar-refractivity contribution is -0.107. The number of halogens is 1. The van der Waals surface area contributed by atoms with E-state index in [9.17, 15) is 9.59 Å². The van der Waals surface area contributed by atoms with Crippen molar-refractivity contribution < 1.29 is 14.7 Å². The summed E-state index contributed by atoms with van der Waals surface area (Å²) in [5, 5.41) is 10.9. The van der Waals surface area contributed by atoms with Gasteiger partial charge in [0.05, 0.1) is 11.3 Å². The van der Waals surface area contributed by atoms with Gasteiger partial charge in [0.1, 0.15) is 6.29 Å². The number of hydrogen-bond acceptors (Lipinski definition) is 3. The lowest BCUT2D eigenvalue weighted by Crippen LogP contribution is -2.24. The molecule has 0 saturated heterocycles. The molecule has 0 aliphatic carbocycles. The molecule has 5 nitrogen and oxygen atoms in total. The molecular weight excluding hydrogens is 456 g/mol. The van der Waals surface area contributed by atoms with Crippen LogP contribution in [0.25, 0.3) is 23.1 Å². The van der Waals surface area contributed by atoms with Crippen molar-refractivity contribution in [3.8, 4) is 0 Å². The first-order chi connectivity index (χ1) is 15.1. The Hall–Kier alpha value is -2.70. The Morgan fingerprint density at radius 1 is 1.06 bits per heavy atom. The van der Waals surface area contributed by atoms with E-state index in [-0.39, 0.29) is 5.91 Å². The van der Waals surface area contributed by atoms with E-state index in [1.54, 1.807) is 0 Å². The Morgan fingerprint density at radius 2 is 1.81 bits per heavy atom. The molecule has 31 heavy (non-hydrogen) atoms. The van der Waals surface area contributed by atoms with Gasteiger partial charge in [0.25, 0.3) is 5.91 Å². The number of aromatic amines is 1. The average Bonchev–Trinajstić information content (AvgIpc) is 3.14. The van der Waals surface area contributed by atoms with Gasteiger partial charge in [-0.05, 0) is 43.5 Å². The van der Waals surface area contributed by atoms with Gasteiger partial charge >= 0.3 is 0 Å². The number of unbranched alkanes of at least 4 members (excludes halogenated alkanes) is 3. The van der Waals surface area contributed by atoms with Gasteiger partial charge in [-0.3, -0.25) is 4.79 Å². The average molecular weight is 485 g/mol. The van der Waals surface area contributed by atoms with Crippen LogP contribution in [0.4, 0.5) is 0 Å². The van der Waals surface area contributed by atoms with E-state index >= 15 is 0 Å². The van der Waals surface area contributed by atoms with Gasteiger partial charge < -0.3 is 20.2 Å². The predicted molar refractivity (Wildman–Crippen MR) is 131 cm³/mol. The Bertz CT molecular complexity index is 1020. The molecule has 164 valence electrons. The molecule has 1 heterocycles. The normalized spacial score (nSPS) is 10.7. The zero-order chi connectivity index (χ0) is 22.6. The van der Waals surface area contributed by atoms with E-state index in [4.69, 9.17) is 5.11 Å². The molecule has 0 spiro atoms. The molecule has 1 aromatic heterocycles. The second kappa shape index (κ2) is 12.9. The van der Waals surface area contributed by atoms with E-state index in [0.29, 0.717) is 18.5 Å². The maximum atomic E-state index is 12.9. The van der Waals surface area contributed by atoms with Gasteiger partial charge in [-0.2, -0.15) is 0 Å². The van der Waals surface area contributed by atoms with Gasteiger partial charge in [-0.15, -0.1) is 0 Å². The highest BCUT2D eigenvalue weighted by Crippen LogP contribution is 2.27. The zero-order valence-corrected chi connectivity index (χ0v) is 19.5. The maximum Gasteiger partial charge on any atom is 0.254 e. The summed E-state index contributed by atoms with van der Waals surface area (Å²) in [5.74, 6) is -0.0856. The number of nitrogens with one attached hydrogen (secondary N) is 2. The van der Waals surface area contributed by atoms with Crippen LogP contribution in [0, 0.1) is 6.92 Å². The molecule has 0 fully saturated rings. The molecule has 3 rings (SSSR count). The van der Waals surface area contributed by atoms with Crippen molar-refractivity contribution >= 4 is 51.2 Å². The molecule has 0 aliphatic heterocycles. The van der Waals surface area contributed by atoms with Crippen molar-refractivity contribution in [1.29, 1.82) is 0 Å². The standard InChI is InChI=1S/C24H25BrN2O2.CH4O/c1-17-6-8-18(9-7-17)10-13-21-23(20-12-11-19(25)16-22(20)27-21)24(29)26-14-4-2-3-5-15-28;1-2/h6-13,15-16,27H,2-5,14H2,1H3,(H,26,29);2H,1H3/b13-10+;. The fourth-order valence-corrected chi connectivity index (χ4v) is 3.60. The zero-order valence-electron chi connectivity index (χ0n) is 18.0. The van der Waals surface area contributed by atoms with E-state index < -0.39 is 0 Å². The van der Waals surface area contributed by atoms with E-state index in [1.807, 2.05) is 30.4 Å². The number of carbonyl (C=O) groups is 2. The number of benzene rings is 2. The van der Waals surface area contributed by atoms with Crippen LogP contribution in [0.5, 0.6) is 0 Å². The first-order valence-electron chi connectivity index (χ1n) is 10.3. The minimum atomic E-state index is -0.0856. The molecule has 1 amide bonds. The number of hydrogen-bond donors (Lipinski definition) is 3. The summed E-state index contributed by atoms with van der Waals surface area (Å²) >= 11 is 3.49. The fourth-order valence-electron chi connectivity index (χ4n) is 3.24. The maximum absolute atomic E-state index is 12.9. The van der Waals surface area contributed by atoms with Gasteiger partial charge in [-0.25, -0.2) is 0 Å². The number of aryl methyl sites for hydroxylation is 1. The molecule has 6 heteroatoms. The van der Waals surface area contributed by atoms with Gasteiger partial charge in [0, 0.05) is 35.5 Å². The third kappa shape index (κ3) is 7.19. The summed E-state index contributed by atoms with van der Waals surface area (Å²) in [6, 6.07) is 14.1. The second-order valence-corrected chi connectivity index (χ2v) is 8.04. The van der Waals surface area contributed by atoms with Crippen LogP contribution in [0.15, 0.2) is 46.9 Å². The summed E-state index contributed by atoms with van der Waals surface area (Å²) in [4.78, 5) is 26.7. The number of carbonyl (C=O) groups excluding carboxylic acids is 2. The SMILES string of the molecule is CO.Cc1ccc(/C=C/c2[nH]c3cc(Br)ccc3c2C(=O)NCCCCCC=O)cc1. The molecule has 0 saturated carbocycles. The highest BCUT2D eigenvalue weighted by molar-refractivity contribution is 9.10. The minimum Gasteiger partial charge on any atom is -0.400 e. The molecule has 3 N–H and O–H groups in total. The number of aromatic nitrogens is 1. The predicted octanol–water partition coefficient (Wildman–Crippen LogP) is 5.51. The summed E-state index contributed by atoms with van der Waals surface area (Å²) in [5.41, 5.74) is 4.66. The van der Waals surface area contributed by atoms with E-state index in [2.05, 4.69) is 57.4 Å². The van der Waals surface area contributed by atoms with Gasteiger partial charge in [-0.1, -0.05) is 64.3 Å². The monoisotopic (exact) mass is 484 g/mol. The highest BCUT2D eigenvalue weighted by atomic mass is 79.9. The summed E-state index contributed by atoms with van der Waals surface area (Å²) in [6.07, 6.45) is 8.15. The number of aliphatic hydroxyl groups excluding tert-OH is 1. The molecular formula is C25H29BrN2O3. The Kier molecular flexibility index (Phi) is 10.2. The second-order valence-electron chi connectivity index (χ2n) is 7.12. The Balaban J connectivity index is 0.00000166. The largest absolute Gasteiger partial charge is 0.400 e. The highest BCUT2D eigenvalue weighted by Gasteiger charge is 2.17. The Morgan fingerprint density at radius 3 is 2.52 bits per heavy atom. The number of amides is 1. The number of rotatable bonds is 9. The molecule has 0 unspecified atom stereocenters. The van der Waals surface area contributed by atoms with Crippen LogP contribution in [-0.4, -0.2) is 35.9 Å². The van der Waals surface area contributed by atoms with Crippen molar-refractivity contribution in [3.05, 3.63) is 69.3 Å². The molecule has 0 aliphatic rings. The van der Waals surface area contributed by atoms with E-state index in [1.165, 1.54) is 5.56 Å². The van der Waals surface area contributed by atoms with Crippen LogP contribution in [0.1, 0.15) is 52.9 Å². The topological polar surface area (TPSA) is 82.2 Å². The summed E-state index contributed by atoms with van der Waals surface area (Å²) < 4.78 is 0.961. The number of fused-ring (bicyclic) bond motifs is 1. The van der Waals surface area contributed by atoms with Crippen LogP contribution in [-0.2, 0) is 4.79 Å². The first-order valence-corrected chi connectivity index (χ1v) is 11.1. The van der Waals surface area contributed by atoms with Crippen molar-refractivity contribution in [2.75, 3.05) is 13.7 Å². The quantitative estimate of drug-likeness (QED) is 0.276. The summed E-state index contributed by atoms with van der Waals surface area (Å²) in [7, 11) is 1.00. The lowest BCUT2D eigenvalue weighted by atomic mass is 10.1. The number of aliphatic hydroxyl groups is 1. The lowest BCUT2D eigenvalue weighted by Gasteiger charge is -2.06. The molecule has 0 radical (unpaired) electrons. The fraction of sp³-hybridized carbons (Fsp3) is 0.280. The smallest absolute Gasteiger partial charge is 0.254 e. The van der Waals surface area contributed by atoms with Crippen molar-refractivity contribution in [3.63, 3.8) is 0 Å². The third-order valence-electron chi connectivity index (χ3n) is 4.82. The number of H-pyrrole nitrogens is 1. The van der Waals surface area contributed by atoms with E-state index in [0.717, 1.165) is 59.3 Å². The third-order valence-corrected chi connectivity index (χ3v) is 5.31. The number of aldehydes is 1. The van der Waals surface area contributed by atoms with Crippen LogP contribution in [0.2, 0.25) is 0 Å². The van der Waals surface area contributed by atoms with Crippen LogP contribution in [0.3, 0.4) is 0 Å². The van der Waals surface area contributed by atoms with Gasteiger partial charge in [0.2, 0.25) is 0 Å².